The van der Waals surface area contributed by atoms with Crippen molar-refractivity contribution in [1.29, 1.82) is 0 Å². The first-order valence-electron chi connectivity index (χ1n) is 4.77. The van der Waals surface area contributed by atoms with Gasteiger partial charge in [0.25, 0.3) is 5.89 Å². The minimum absolute atomic E-state index is 0.0756. The molecule has 0 unspecified atom stereocenters. The lowest BCUT2D eigenvalue weighted by Crippen LogP contribution is -1.98. The molecule has 5 nitrogen and oxygen atoms in total. The molecule has 0 aliphatic rings. The van der Waals surface area contributed by atoms with Crippen molar-refractivity contribution in [2.45, 2.75) is 13.5 Å². The third-order valence-electron chi connectivity index (χ3n) is 1.89. The number of para-hydroxylation sites is 1. The van der Waals surface area contributed by atoms with Gasteiger partial charge in [-0.15, -0.1) is 0 Å². The molecular formula is C11H10N2O3. The first-order chi connectivity index (χ1) is 7.75. The van der Waals surface area contributed by atoms with Crippen molar-refractivity contribution < 1.29 is 14.1 Å². The number of hydrogen-bond donors (Lipinski definition) is 0. The third-order valence-corrected chi connectivity index (χ3v) is 1.89. The number of aromatic nitrogens is 2. The molecule has 0 spiro atoms. The van der Waals surface area contributed by atoms with Gasteiger partial charge in [-0.25, -0.2) is 0 Å². The molecule has 1 heterocycles. The summed E-state index contributed by atoms with van der Waals surface area (Å²) in [6, 6.07) is 9.27. The molecular weight excluding hydrogens is 208 g/mol. The maximum atomic E-state index is 10.9. The van der Waals surface area contributed by atoms with Crippen molar-refractivity contribution in [3.05, 3.63) is 42.0 Å². The SMILES string of the molecule is CC(=O)c1noc(COc2ccccc2)n1. The van der Waals surface area contributed by atoms with Crippen LogP contribution in [0.15, 0.2) is 34.9 Å². The van der Waals surface area contributed by atoms with Crippen molar-refractivity contribution in [3.63, 3.8) is 0 Å². The zero-order valence-corrected chi connectivity index (χ0v) is 8.71. The predicted octanol–water partition coefficient (Wildman–Crippen LogP) is 1.85. The van der Waals surface area contributed by atoms with Gasteiger partial charge < -0.3 is 9.26 Å². The van der Waals surface area contributed by atoms with Gasteiger partial charge in [-0.1, -0.05) is 23.4 Å². The number of benzene rings is 1. The van der Waals surface area contributed by atoms with Gasteiger partial charge in [0.2, 0.25) is 11.6 Å². The minimum Gasteiger partial charge on any atom is -0.484 e. The summed E-state index contributed by atoms with van der Waals surface area (Å²) in [5.74, 6) is 0.848. The lowest BCUT2D eigenvalue weighted by molar-refractivity contribution is 0.100. The Kier molecular flexibility index (Phi) is 2.95. The first kappa shape index (κ1) is 10.4. The molecule has 82 valence electrons. The Labute approximate surface area is 92.0 Å². The molecule has 0 fully saturated rings. The summed E-state index contributed by atoms with van der Waals surface area (Å²) in [5, 5.41) is 3.51. The topological polar surface area (TPSA) is 65.2 Å². The van der Waals surface area contributed by atoms with Gasteiger partial charge in [0.1, 0.15) is 5.75 Å². The van der Waals surface area contributed by atoms with E-state index >= 15 is 0 Å². The molecule has 2 aromatic rings. The monoisotopic (exact) mass is 218 g/mol. The highest BCUT2D eigenvalue weighted by Crippen LogP contribution is 2.10. The van der Waals surface area contributed by atoms with Crippen LogP contribution in [0.4, 0.5) is 0 Å². The molecule has 0 amide bonds. The molecule has 0 radical (unpaired) electrons. The molecule has 1 aromatic heterocycles. The van der Waals surface area contributed by atoms with Crippen LogP contribution in [0, 0.1) is 0 Å². The van der Waals surface area contributed by atoms with E-state index in [9.17, 15) is 4.79 Å². The maximum absolute atomic E-state index is 10.9. The lowest BCUT2D eigenvalue weighted by atomic mass is 10.3. The average molecular weight is 218 g/mol. The Bertz CT molecular complexity index is 479. The van der Waals surface area contributed by atoms with Crippen LogP contribution in [0.25, 0.3) is 0 Å². The van der Waals surface area contributed by atoms with Gasteiger partial charge in [0.15, 0.2) is 6.61 Å². The van der Waals surface area contributed by atoms with E-state index in [1.165, 1.54) is 6.92 Å². The molecule has 0 N–H and O–H groups in total. The molecule has 0 aliphatic heterocycles. The molecule has 0 saturated heterocycles. The number of nitrogens with zero attached hydrogens (tertiary/aromatic N) is 2. The number of Topliss-reactive ketones (excluding diaryl/α,β-unsaturated/α-hetero) is 1. The van der Waals surface area contributed by atoms with Crippen molar-refractivity contribution >= 4 is 5.78 Å². The summed E-state index contributed by atoms with van der Waals surface area (Å²) in [5.41, 5.74) is 0. The van der Waals surface area contributed by atoms with Crippen LogP contribution in [0.5, 0.6) is 5.75 Å². The fourth-order valence-corrected chi connectivity index (χ4v) is 1.12. The van der Waals surface area contributed by atoms with Gasteiger partial charge in [-0.05, 0) is 12.1 Å². The number of ketones is 1. The predicted molar refractivity (Wildman–Crippen MR) is 55.1 cm³/mol. The quantitative estimate of drug-likeness (QED) is 0.732. The van der Waals surface area contributed by atoms with Gasteiger partial charge in [-0.2, -0.15) is 4.98 Å². The molecule has 5 heteroatoms. The van der Waals surface area contributed by atoms with E-state index in [-0.39, 0.29) is 24.1 Å². The van der Waals surface area contributed by atoms with Crippen LogP contribution in [-0.2, 0) is 6.61 Å². The molecule has 0 atom stereocenters. The lowest BCUT2D eigenvalue weighted by Gasteiger charge is -2.00. The standard InChI is InChI=1S/C11H10N2O3/c1-8(14)11-12-10(16-13-11)7-15-9-5-3-2-4-6-9/h2-6H,7H2,1H3. The Morgan fingerprint density at radius 2 is 2.12 bits per heavy atom. The van der Waals surface area contributed by atoms with E-state index in [4.69, 9.17) is 9.26 Å². The zero-order chi connectivity index (χ0) is 11.4. The fraction of sp³-hybridized carbons (Fsp3) is 0.182. The zero-order valence-electron chi connectivity index (χ0n) is 8.71. The van der Waals surface area contributed by atoms with Crippen LogP contribution >= 0.6 is 0 Å². The average Bonchev–Trinajstić information content (AvgIpc) is 2.76. The van der Waals surface area contributed by atoms with E-state index in [1.807, 2.05) is 30.3 Å². The second-order valence-electron chi connectivity index (χ2n) is 3.17. The second kappa shape index (κ2) is 4.57. The van der Waals surface area contributed by atoms with Gasteiger partial charge in [-0.3, -0.25) is 4.79 Å². The Hall–Kier alpha value is -2.17. The Morgan fingerprint density at radius 1 is 1.38 bits per heavy atom. The molecule has 0 bridgehead atoms. The van der Waals surface area contributed by atoms with E-state index in [0.29, 0.717) is 5.75 Å². The van der Waals surface area contributed by atoms with Crippen LogP contribution in [-0.4, -0.2) is 15.9 Å². The molecule has 1 aromatic carbocycles. The maximum Gasteiger partial charge on any atom is 0.264 e. The number of carbonyl (C=O) groups is 1. The van der Waals surface area contributed by atoms with Crippen molar-refractivity contribution in [1.82, 2.24) is 10.1 Å². The van der Waals surface area contributed by atoms with Gasteiger partial charge in [0, 0.05) is 6.92 Å². The molecule has 0 aliphatic carbocycles. The van der Waals surface area contributed by atoms with Gasteiger partial charge in [0.05, 0.1) is 0 Å². The minimum atomic E-state index is -0.227. The highest BCUT2D eigenvalue weighted by molar-refractivity contribution is 5.89. The van der Waals surface area contributed by atoms with Crippen molar-refractivity contribution in [3.8, 4) is 5.75 Å². The summed E-state index contributed by atoms with van der Waals surface area (Å²) in [6.45, 7) is 1.54. The van der Waals surface area contributed by atoms with Crippen LogP contribution < -0.4 is 4.74 Å². The third kappa shape index (κ3) is 2.44. The normalized spacial score (nSPS) is 10.1. The summed E-state index contributed by atoms with van der Waals surface area (Å²) in [6.07, 6.45) is 0. The number of carbonyl (C=O) groups excluding carboxylic acids is 1. The van der Waals surface area contributed by atoms with Crippen LogP contribution in [0.1, 0.15) is 23.4 Å². The van der Waals surface area contributed by atoms with Crippen molar-refractivity contribution in [2.75, 3.05) is 0 Å². The second-order valence-corrected chi connectivity index (χ2v) is 3.17. The molecule has 0 saturated carbocycles. The van der Waals surface area contributed by atoms with Crippen LogP contribution in [0.2, 0.25) is 0 Å². The largest absolute Gasteiger partial charge is 0.484 e. The summed E-state index contributed by atoms with van der Waals surface area (Å²) >= 11 is 0. The fourth-order valence-electron chi connectivity index (χ4n) is 1.12. The molecule has 16 heavy (non-hydrogen) atoms. The highest BCUT2D eigenvalue weighted by Gasteiger charge is 2.10. The van der Waals surface area contributed by atoms with E-state index in [0.717, 1.165) is 0 Å². The highest BCUT2D eigenvalue weighted by atomic mass is 16.5. The van der Waals surface area contributed by atoms with E-state index in [1.54, 1.807) is 0 Å². The first-order valence-corrected chi connectivity index (χ1v) is 4.77. The molecule has 2 rings (SSSR count). The summed E-state index contributed by atoms with van der Waals surface area (Å²) < 4.78 is 10.2. The Balaban J connectivity index is 1.97. The number of rotatable bonds is 4. The number of ether oxygens (including phenoxy) is 1. The van der Waals surface area contributed by atoms with E-state index in [2.05, 4.69) is 10.1 Å². The Morgan fingerprint density at radius 3 is 2.75 bits per heavy atom. The summed E-state index contributed by atoms with van der Waals surface area (Å²) in [7, 11) is 0. The van der Waals surface area contributed by atoms with E-state index < -0.39 is 0 Å². The van der Waals surface area contributed by atoms with Crippen LogP contribution in [0.3, 0.4) is 0 Å². The van der Waals surface area contributed by atoms with Crippen molar-refractivity contribution in [2.24, 2.45) is 0 Å². The summed E-state index contributed by atoms with van der Waals surface area (Å²) in [4.78, 5) is 14.8. The van der Waals surface area contributed by atoms with Gasteiger partial charge >= 0.3 is 0 Å². The smallest absolute Gasteiger partial charge is 0.264 e. The number of hydrogen-bond acceptors (Lipinski definition) is 5.